The largest absolute Gasteiger partial charge is 0.453 e. The Morgan fingerprint density at radius 1 is 1.12 bits per heavy atom. The molecular formula is C30H30ClF2N5O4. The Bertz CT molecular complexity index is 1540. The van der Waals surface area contributed by atoms with Crippen LogP contribution in [0.1, 0.15) is 37.9 Å². The molecule has 2 aromatic carbocycles. The number of nitrogens with one attached hydrogen (secondary N) is 2. The van der Waals surface area contributed by atoms with Gasteiger partial charge < -0.3 is 19.9 Å². The molecule has 1 aromatic heterocycles. The lowest BCUT2D eigenvalue weighted by Crippen LogP contribution is -2.52. The van der Waals surface area contributed by atoms with Crippen molar-refractivity contribution in [1.29, 1.82) is 0 Å². The molecular weight excluding hydrogens is 568 g/mol. The molecule has 3 amide bonds. The van der Waals surface area contributed by atoms with Crippen molar-refractivity contribution < 1.29 is 27.9 Å². The zero-order valence-corrected chi connectivity index (χ0v) is 23.9. The number of hydrogen-bond acceptors (Lipinski definition) is 6. The molecule has 5 rings (SSSR count). The standard InChI is InChI=1S/C30H30ClF2N5O4/c1-17-4-3-5-25(38-13-12-37(16-26(38)39)28-22(32)9-8-21(31)27(28)33)24-14-18(10-11-34-24)20-7-6-19(35-30(41)42-2)15-23(20)36-29(17)40/h6-11,14-15,17,25H,3-5,12-13,16H2,1-2H3,(H,35,41)(H,36,40). The van der Waals surface area contributed by atoms with Crippen LogP contribution < -0.4 is 15.5 Å². The first-order chi connectivity index (χ1) is 20.2. The average Bonchev–Trinajstić information content (AvgIpc) is 2.97. The van der Waals surface area contributed by atoms with Gasteiger partial charge in [-0.15, -0.1) is 0 Å². The zero-order valence-electron chi connectivity index (χ0n) is 23.1. The molecule has 1 fully saturated rings. The summed E-state index contributed by atoms with van der Waals surface area (Å²) < 4.78 is 33.9. The highest BCUT2D eigenvalue weighted by molar-refractivity contribution is 6.31. The fraction of sp³-hybridized carbons (Fsp3) is 0.333. The van der Waals surface area contributed by atoms with Gasteiger partial charge in [-0.1, -0.05) is 31.0 Å². The van der Waals surface area contributed by atoms with E-state index in [1.165, 1.54) is 12.0 Å². The number of anilines is 3. The highest BCUT2D eigenvalue weighted by Gasteiger charge is 2.34. The number of pyridine rings is 1. The van der Waals surface area contributed by atoms with Crippen molar-refractivity contribution in [3.8, 4) is 11.1 Å². The number of aromatic nitrogens is 1. The summed E-state index contributed by atoms with van der Waals surface area (Å²) in [4.78, 5) is 46.1. The van der Waals surface area contributed by atoms with Crippen molar-refractivity contribution in [2.24, 2.45) is 5.92 Å². The van der Waals surface area contributed by atoms with Crippen LogP contribution in [0.5, 0.6) is 0 Å². The summed E-state index contributed by atoms with van der Waals surface area (Å²) in [7, 11) is 1.26. The summed E-state index contributed by atoms with van der Waals surface area (Å²) in [5.41, 5.74) is 2.77. The summed E-state index contributed by atoms with van der Waals surface area (Å²) in [6, 6.07) is 10.7. The Morgan fingerprint density at radius 2 is 1.93 bits per heavy atom. The Hall–Kier alpha value is -4.25. The topological polar surface area (TPSA) is 104 Å². The van der Waals surface area contributed by atoms with Crippen LogP contribution >= 0.6 is 11.6 Å². The number of nitrogens with zero attached hydrogens (tertiary/aromatic N) is 3. The number of fused-ring (bicyclic) bond motifs is 4. The van der Waals surface area contributed by atoms with Crippen molar-refractivity contribution in [2.75, 3.05) is 42.3 Å². The van der Waals surface area contributed by atoms with Crippen LogP contribution in [0.4, 0.5) is 30.6 Å². The monoisotopic (exact) mass is 597 g/mol. The van der Waals surface area contributed by atoms with Crippen molar-refractivity contribution in [1.82, 2.24) is 9.88 Å². The summed E-state index contributed by atoms with van der Waals surface area (Å²) in [6.07, 6.45) is 2.75. The van der Waals surface area contributed by atoms with E-state index in [1.807, 2.05) is 13.0 Å². The number of benzene rings is 2. The molecule has 2 N–H and O–H groups in total. The molecule has 42 heavy (non-hydrogen) atoms. The first kappa shape index (κ1) is 29.2. The van der Waals surface area contributed by atoms with E-state index in [0.29, 0.717) is 41.9 Å². The van der Waals surface area contributed by atoms with Gasteiger partial charge in [0, 0.05) is 36.5 Å². The Balaban J connectivity index is 1.48. The molecule has 0 spiro atoms. The molecule has 2 aliphatic heterocycles. The normalized spacial score (nSPS) is 19.3. The second-order valence-electron chi connectivity index (χ2n) is 10.4. The van der Waals surface area contributed by atoms with Crippen molar-refractivity contribution in [3.05, 3.63) is 71.0 Å². The van der Waals surface area contributed by atoms with Crippen LogP contribution in [0.3, 0.4) is 0 Å². The SMILES string of the molecule is COC(=O)Nc1ccc2c(c1)NC(=O)C(C)CCCC(N1CCN(c3c(F)ccc(Cl)c3F)CC1=O)c1cc-2ccn1. The zero-order chi connectivity index (χ0) is 30.0. The maximum Gasteiger partial charge on any atom is 0.411 e. The second kappa shape index (κ2) is 12.3. The first-order valence-electron chi connectivity index (χ1n) is 13.6. The van der Waals surface area contributed by atoms with Crippen molar-refractivity contribution in [3.63, 3.8) is 0 Å². The molecule has 220 valence electrons. The summed E-state index contributed by atoms with van der Waals surface area (Å²) in [5, 5.41) is 5.39. The van der Waals surface area contributed by atoms with Gasteiger partial charge in [-0.25, -0.2) is 13.6 Å². The molecule has 2 atom stereocenters. The molecule has 2 unspecified atom stereocenters. The molecule has 12 heteroatoms. The summed E-state index contributed by atoms with van der Waals surface area (Å²) in [6.45, 7) is 2.04. The predicted molar refractivity (Wildman–Crippen MR) is 155 cm³/mol. The van der Waals surface area contributed by atoms with E-state index < -0.39 is 23.8 Å². The Labute approximate surface area is 246 Å². The van der Waals surface area contributed by atoms with Gasteiger partial charge in [0.2, 0.25) is 11.8 Å². The van der Waals surface area contributed by atoms with E-state index in [2.05, 4.69) is 20.4 Å². The quantitative estimate of drug-likeness (QED) is 0.359. The van der Waals surface area contributed by atoms with Crippen LogP contribution in [0.15, 0.2) is 48.7 Å². The van der Waals surface area contributed by atoms with E-state index in [-0.39, 0.29) is 48.1 Å². The number of amides is 3. The lowest BCUT2D eigenvalue weighted by molar-refractivity contribution is -0.134. The lowest BCUT2D eigenvalue weighted by atomic mass is 9.94. The molecule has 1 saturated heterocycles. The molecule has 2 aliphatic rings. The van der Waals surface area contributed by atoms with E-state index in [9.17, 15) is 23.2 Å². The van der Waals surface area contributed by atoms with E-state index >= 15 is 0 Å². The number of carbonyl (C=O) groups excluding carboxylic acids is 3. The van der Waals surface area contributed by atoms with Crippen LogP contribution in [0.25, 0.3) is 11.1 Å². The van der Waals surface area contributed by atoms with Crippen LogP contribution in [0.2, 0.25) is 5.02 Å². The minimum Gasteiger partial charge on any atom is -0.453 e. The van der Waals surface area contributed by atoms with Gasteiger partial charge in [-0.05, 0) is 54.8 Å². The smallest absolute Gasteiger partial charge is 0.411 e. The molecule has 0 radical (unpaired) electrons. The number of rotatable bonds is 3. The summed E-state index contributed by atoms with van der Waals surface area (Å²) in [5.74, 6) is -2.48. The summed E-state index contributed by atoms with van der Waals surface area (Å²) >= 11 is 5.89. The fourth-order valence-electron chi connectivity index (χ4n) is 5.42. The van der Waals surface area contributed by atoms with Gasteiger partial charge in [-0.3, -0.25) is 19.9 Å². The number of piperazine rings is 1. The number of methoxy groups -OCH3 is 1. The highest BCUT2D eigenvalue weighted by atomic mass is 35.5. The average molecular weight is 598 g/mol. The molecule has 3 aromatic rings. The first-order valence-corrected chi connectivity index (χ1v) is 14.0. The maximum atomic E-state index is 14.7. The van der Waals surface area contributed by atoms with Gasteiger partial charge in [0.05, 0.1) is 36.1 Å². The molecule has 9 nitrogen and oxygen atoms in total. The Morgan fingerprint density at radius 3 is 2.69 bits per heavy atom. The third-order valence-electron chi connectivity index (χ3n) is 7.67. The number of halogens is 3. The van der Waals surface area contributed by atoms with E-state index in [4.69, 9.17) is 11.6 Å². The highest BCUT2D eigenvalue weighted by Crippen LogP contribution is 2.37. The maximum absolute atomic E-state index is 14.7. The third kappa shape index (κ3) is 6.01. The van der Waals surface area contributed by atoms with Crippen LogP contribution in [-0.4, -0.2) is 54.5 Å². The number of carbonyl (C=O) groups is 3. The molecule has 0 aliphatic carbocycles. The fourth-order valence-corrected chi connectivity index (χ4v) is 5.58. The van der Waals surface area contributed by atoms with E-state index in [0.717, 1.165) is 17.7 Å². The lowest BCUT2D eigenvalue weighted by Gasteiger charge is -2.40. The van der Waals surface area contributed by atoms with Crippen LogP contribution in [0, 0.1) is 17.6 Å². The molecule has 2 bridgehead atoms. The second-order valence-corrected chi connectivity index (χ2v) is 10.8. The van der Waals surface area contributed by atoms with Gasteiger partial charge in [0.25, 0.3) is 0 Å². The third-order valence-corrected chi connectivity index (χ3v) is 7.97. The number of ether oxygens (including phenoxy) is 1. The molecule has 0 saturated carbocycles. The Kier molecular flexibility index (Phi) is 8.58. The van der Waals surface area contributed by atoms with Gasteiger partial charge in [-0.2, -0.15) is 0 Å². The van der Waals surface area contributed by atoms with Gasteiger partial charge in [0.15, 0.2) is 5.82 Å². The van der Waals surface area contributed by atoms with Crippen molar-refractivity contribution >= 4 is 46.6 Å². The van der Waals surface area contributed by atoms with Crippen LogP contribution in [-0.2, 0) is 14.3 Å². The number of hydrogen-bond donors (Lipinski definition) is 2. The molecule has 3 heterocycles. The minimum atomic E-state index is -0.894. The van der Waals surface area contributed by atoms with E-state index in [1.54, 1.807) is 35.4 Å². The predicted octanol–water partition coefficient (Wildman–Crippen LogP) is 6.01. The van der Waals surface area contributed by atoms with Gasteiger partial charge in [0.1, 0.15) is 11.5 Å². The van der Waals surface area contributed by atoms with Gasteiger partial charge >= 0.3 is 6.09 Å². The minimum absolute atomic E-state index is 0.173. The van der Waals surface area contributed by atoms with Crippen molar-refractivity contribution in [2.45, 2.75) is 32.2 Å².